The van der Waals surface area contributed by atoms with Crippen LogP contribution in [0.3, 0.4) is 0 Å². The van der Waals surface area contributed by atoms with E-state index in [4.69, 9.17) is 0 Å². The van der Waals surface area contributed by atoms with Gasteiger partial charge in [0.15, 0.2) is 0 Å². The lowest BCUT2D eigenvalue weighted by Crippen LogP contribution is -2.05. The van der Waals surface area contributed by atoms with E-state index in [1.165, 1.54) is 6.42 Å². The van der Waals surface area contributed by atoms with Gasteiger partial charge < -0.3 is 0 Å². The summed E-state index contributed by atoms with van der Waals surface area (Å²) in [6, 6.07) is 0. The van der Waals surface area contributed by atoms with Gasteiger partial charge in [-0.3, -0.25) is 0 Å². The van der Waals surface area contributed by atoms with Crippen molar-refractivity contribution in [2.75, 3.05) is 0 Å². The Balaban J connectivity index is 2.09. The summed E-state index contributed by atoms with van der Waals surface area (Å²) >= 11 is 0. The zero-order valence-electron chi connectivity index (χ0n) is 5.52. The van der Waals surface area contributed by atoms with Crippen molar-refractivity contribution in [2.24, 2.45) is 17.8 Å². The second kappa shape index (κ2) is 1.18. The number of allylic oxidation sites excluding steroid dienone is 2. The minimum absolute atomic E-state index is 0.832. The van der Waals surface area contributed by atoms with E-state index in [2.05, 4.69) is 19.9 Å². The second-order valence-electron chi connectivity index (χ2n) is 3.33. The summed E-state index contributed by atoms with van der Waals surface area (Å²) in [5.41, 5.74) is 1.73. The van der Waals surface area contributed by atoms with Gasteiger partial charge in [0.1, 0.15) is 0 Å². The molecule has 0 bridgehead atoms. The van der Waals surface area contributed by atoms with Crippen LogP contribution < -0.4 is 0 Å². The van der Waals surface area contributed by atoms with E-state index in [1.807, 2.05) is 0 Å². The quantitative estimate of drug-likeness (QED) is 0.452. The van der Waals surface area contributed by atoms with Crippen molar-refractivity contribution in [2.45, 2.75) is 20.3 Å². The Kier molecular flexibility index (Phi) is 0.677. The van der Waals surface area contributed by atoms with Gasteiger partial charge in [0.25, 0.3) is 0 Å². The van der Waals surface area contributed by atoms with Crippen molar-refractivity contribution in [3.05, 3.63) is 11.6 Å². The predicted molar refractivity (Wildman–Crippen MR) is 34.5 cm³/mol. The molecule has 0 aromatic carbocycles. The van der Waals surface area contributed by atoms with Gasteiger partial charge in [-0.25, -0.2) is 0 Å². The van der Waals surface area contributed by atoms with Gasteiger partial charge in [-0.1, -0.05) is 25.5 Å². The highest BCUT2D eigenvalue weighted by Gasteiger charge is 2.46. The van der Waals surface area contributed by atoms with Gasteiger partial charge in [-0.05, 0) is 24.2 Å². The Hall–Kier alpha value is -0.260. The van der Waals surface area contributed by atoms with Crippen molar-refractivity contribution >= 4 is 0 Å². The van der Waals surface area contributed by atoms with E-state index >= 15 is 0 Å². The maximum atomic E-state index is 2.45. The van der Waals surface area contributed by atoms with Gasteiger partial charge in [0.2, 0.25) is 0 Å². The lowest BCUT2D eigenvalue weighted by atomic mass is 9.89. The molecular weight excluding hydrogens is 96.1 g/mol. The number of hydrogen-bond donors (Lipinski definition) is 0. The van der Waals surface area contributed by atoms with Crippen LogP contribution in [0.25, 0.3) is 0 Å². The lowest BCUT2D eigenvalue weighted by Gasteiger charge is -2.16. The van der Waals surface area contributed by atoms with Crippen molar-refractivity contribution in [1.82, 2.24) is 0 Å². The molecule has 8 heavy (non-hydrogen) atoms. The third kappa shape index (κ3) is 0.410. The van der Waals surface area contributed by atoms with Crippen LogP contribution in [0, 0.1) is 17.8 Å². The van der Waals surface area contributed by atoms with Crippen LogP contribution in [0.4, 0.5) is 0 Å². The van der Waals surface area contributed by atoms with Crippen LogP contribution in [-0.2, 0) is 0 Å². The molecule has 0 radical (unpaired) electrons. The number of fused-ring (bicyclic) bond motifs is 1. The molecule has 2 rings (SSSR count). The molecule has 1 saturated carbocycles. The highest BCUT2D eigenvalue weighted by Crippen LogP contribution is 2.56. The van der Waals surface area contributed by atoms with Crippen molar-refractivity contribution in [3.8, 4) is 0 Å². The Morgan fingerprint density at radius 1 is 1.62 bits per heavy atom. The standard InChI is InChI=1S/C8H12/c1-5(2)7-3-6-4-8(6)7/h3,5-6,8H,4H2,1-2H3. The molecule has 0 aliphatic heterocycles. The first-order valence-electron chi connectivity index (χ1n) is 3.50. The molecular formula is C8H12. The molecule has 0 spiro atoms. The summed E-state index contributed by atoms with van der Waals surface area (Å²) in [6.07, 6.45) is 3.93. The first kappa shape index (κ1) is 4.60. The summed E-state index contributed by atoms with van der Waals surface area (Å²) in [6.45, 7) is 4.58. The number of hydrogen-bond acceptors (Lipinski definition) is 0. The summed E-state index contributed by atoms with van der Waals surface area (Å²) < 4.78 is 0. The topological polar surface area (TPSA) is 0 Å². The Morgan fingerprint density at radius 3 is 2.50 bits per heavy atom. The van der Waals surface area contributed by atoms with Gasteiger partial charge in [0, 0.05) is 0 Å². The van der Waals surface area contributed by atoms with E-state index in [0.717, 1.165) is 17.8 Å². The van der Waals surface area contributed by atoms with E-state index in [9.17, 15) is 0 Å². The van der Waals surface area contributed by atoms with E-state index in [1.54, 1.807) is 5.57 Å². The molecule has 0 aromatic rings. The van der Waals surface area contributed by atoms with Crippen molar-refractivity contribution in [3.63, 3.8) is 0 Å². The fraction of sp³-hybridized carbons (Fsp3) is 0.750. The summed E-state index contributed by atoms with van der Waals surface area (Å²) in [5, 5.41) is 0. The molecule has 0 heterocycles. The van der Waals surface area contributed by atoms with Gasteiger partial charge >= 0.3 is 0 Å². The average molecular weight is 108 g/mol. The maximum absolute atomic E-state index is 2.45. The van der Waals surface area contributed by atoms with Crippen LogP contribution in [0.15, 0.2) is 11.6 Å². The zero-order valence-corrected chi connectivity index (χ0v) is 5.52. The normalized spacial score (nSPS) is 40.6. The molecule has 0 nitrogen and oxygen atoms in total. The maximum Gasteiger partial charge on any atom is -0.0131 e. The molecule has 1 fully saturated rings. The van der Waals surface area contributed by atoms with Crippen LogP contribution in [-0.4, -0.2) is 0 Å². The molecule has 0 heteroatoms. The molecule has 0 aromatic heterocycles. The van der Waals surface area contributed by atoms with Crippen LogP contribution in [0.1, 0.15) is 20.3 Å². The van der Waals surface area contributed by atoms with Gasteiger partial charge in [0.05, 0.1) is 0 Å². The predicted octanol–water partition coefficient (Wildman–Crippen LogP) is 2.22. The first-order chi connectivity index (χ1) is 3.79. The highest BCUT2D eigenvalue weighted by atomic mass is 14.5. The van der Waals surface area contributed by atoms with Crippen LogP contribution in [0.2, 0.25) is 0 Å². The first-order valence-corrected chi connectivity index (χ1v) is 3.50. The Morgan fingerprint density at radius 2 is 2.38 bits per heavy atom. The van der Waals surface area contributed by atoms with Gasteiger partial charge in [-0.2, -0.15) is 0 Å². The summed E-state index contributed by atoms with van der Waals surface area (Å²) in [5.74, 6) is 2.92. The smallest absolute Gasteiger partial charge is 0.0131 e. The number of rotatable bonds is 1. The fourth-order valence-corrected chi connectivity index (χ4v) is 1.65. The Bertz CT molecular complexity index is 142. The molecule has 44 valence electrons. The summed E-state index contributed by atoms with van der Waals surface area (Å²) in [7, 11) is 0. The van der Waals surface area contributed by atoms with E-state index in [0.29, 0.717) is 0 Å². The van der Waals surface area contributed by atoms with Crippen LogP contribution in [0.5, 0.6) is 0 Å². The highest BCUT2D eigenvalue weighted by molar-refractivity contribution is 5.33. The monoisotopic (exact) mass is 108 g/mol. The SMILES string of the molecule is CC(C)C1=CC2CC12. The molecule has 0 saturated heterocycles. The minimum atomic E-state index is 0.832. The molecule has 2 aliphatic rings. The minimum Gasteiger partial charge on any atom is -0.0810 e. The molecule has 0 N–H and O–H groups in total. The molecule has 0 amide bonds. The van der Waals surface area contributed by atoms with E-state index in [-0.39, 0.29) is 0 Å². The van der Waals surface area contributed by atoms with Crippen molar-refractivity contribution < 1.29 is 0 Å². The van der Waals surface area contributed by atoms with Crippen molar-refractivity contribution in [1.29, 1.82) is 0 Å². The second-order valence-corrected chi connectivity index (χ2v) is 3.33. The molecule has 2 unspecified atom stereocenters. The summed E-state index contributed by atoms with van der Waals surface area (Å²) in [4.78, 5) is 0. The van der Waals surface area contributed by atoms with Crippen LogP contribution >= 0.6 is 0 Å². The third-order valence-electron chi connectivity index (χ3n) is 2.34. The molecule has 2 aliphatic carbocycles. The van der Waals surface area contributed by atoms with Gasteiger partial charge in [-0.15, -0.1) is 0 Å². The van der Waals surface area contributed by atoms with E-state index < -0.39 is 0 Å². The largest absolute Gasteiger partial charge is 0.0810 e. The third-order valence-corrected chi connectivity index (χ3v) is 2.34. The molecule has 2 atom stereocenters. The Labute approximate surface area is 50.6 Å². The average Bonchev–Trinajstić information content (AvgIpc) is 2.13. The lowest BCUT2D eigenvalue weighted by molar-refractivity contribution is 0.641. The fourth-order valence-electron chi connectivity index (χ4n) is 1.65. The zero-order chi connectivity index (χ0) is 5.72.